The number of para-hydroxylation sites is 1. The number of carboxylic acids is 1. The van der Waals surface area contributed by atoms with Gasteiger partial charge in [0.2, 0.25) is 0 Å². The first-order chi connectivity index (χ1) is 12.0. The van der Waals surface area contributed by atoms with Gasteiger partial charge in [0.05, 0.1) is 5.36 Å². The summed E-state index contributed by atoms with van der Waals surface area (Å²) in [5.41, 5.74) is 1.40. The third-order valence-electron chi connectivity index (χ3n) is 3.97. The molecule has 0 aliphatic heterocycles. The van der Waals surface area contributed by atoms with Crippen molar-refractivity contribution in [2.75, 3.05) is 0 Å². The fourth-order valence-electron chi connectivity index (χ4n) is 2.63. The van der Waals surface area contributed by atoms with E-state index in [-0.39, 0.29) is 11.7 Å². The SMILES string of the molecule is CC(C)C(N=c1cc(-c2ccc(O)cc2)oc2ccccc12)C(=O)O. The van der Waals surface area contributed by atoms with E-state index in [1.54, 1.807) is 30.3 Å². The number of rotatable bonds is 4. The summed E-state index contributed by atoms with van der Waals surface area (Å²) in [4.78, 5) is 16.0. The van der Waals surface area contributed by atoms with Gasteiger partial charge in [0.15, 0.2) is 0 Å². The van der Waals surface area contributed by atoms with Crippen LogP contribution in [0.25, 0.3) is 22.3 Å². The van der Waals surface area contributed by atoms with Crippen molar-refractivity contribution in [1.29, 1.82) is 0 Å². The van der Waals surface area contributed by atoms with Crippen molar-refractivity contribution in [1.82, 2.24) is 0 Å². The predicted octanol–water partition coefficient (Wildman–Crippen LogP) is 3.82. The number of fused-ring (bicyclic) bond motifs is 1. The molecule has 0 aliphatic carbocycles. The van der Waals surface area contributed by atoms with Crippen LogP contribution >= 0.6 is 0 Å². The van der Waals surface area contributed by atoms with Gasteiger partial charge in [0.25, 0.3) is 0 Å². The number of hydrogen-bond acceptors (Lipinski definition) is 4. The number of carboxylic acid groups (broad SMARTS) is 1. The second-order valence-corrected chi connectivity index (χ2v) is 6.20. The van der Waals surface area contributed by atoms with Gasteiger partial charge in [-0.1, -0.05) is 26.0 Å². The first-order valence-corrected chi connectivity index (χ1v) is 8.04. The van der Waals surface area contributed by atoms with E-state index >= 15 is 0 Å². The fourth-order valence-corrected chi connectivity index (χ4v) is 2.63. The van der Waals surface area contributed by atoms with Gasteiger partial charge in [-0.2, -0.15) is 0 Å². The van der Waals surface area contributed by atoms with E-state index in [1.807, 2.05) is 38.1 Å². The number of hydrogen-bond donors (Lipinski definition) is 2. The van der Waals surface area contributed by atoms with Gasteiger partial charge in [-0.25, -0.2) is 4.79 Å². The Labute approximate surface area is 144 Å². The summed E-state index contributed by atoms with van der Waals surface area (Å²) in [7, 11) is 0. The Balaban J connectivity index is 2.26. The van der Waals surface area contributed by atoms with E-state index in [0.717, 1.165) is 10.9 Å². The Bertz CT molecular complexity index is 971. The molecule has 0 aliphatic rings. The maximum absolute atomic E-state index is 11.5. The molecule has 2 aromatic carbocycles. The fraction of sp³-hybridized carbons (Fsp3) is 0.200. The highest BCUT2D eigenvalue weighted by molar-refractivity contribution is 5.79. The van der Waals surface area contributed by atoms with Gasteiger partial charge in [-0.15, -0.1) is 0 Å². The molecule has 5 heteroatoms. The molecule has 0 bridgehead atoms. The maximum atomic E-state index is 11.5. The van der Waals surface area contributed by atoms with Crippen LogP contribution in [0.2, 0.25) is 0 Å². The van der Waals surface area contributed by atoms with Crippen LogP contribution in [-0.2, 0) is 4.79 Å². The van der Waals surface area contributed by atoms with Gasteiger partial charge in [-0.05, 0) is 42.3 Å². The minimum absolute atomic E-state index is 0.134. The summed E-state index contributed by atoms with van der Waals surface area (Å²) in [5.74, 6) is -0.359. The maximum Gasteiger partial charge on any atom is 0.328 e. The predicted molar refractivity (Wildman–Crippen MR) is 95.1 cm³/mol. The van der Waals surface area contributed by atoms with Crippen LogP contribution < -0.4 is 5.36 Å². The van der Waals surface area contributed by atoms with Crippen LogP contribution in [0, 0.1) is 5.92 Å². The third-order valence-corrected chi connectivity index (χ3v) is 3.97. The molecule has 1 atom stereocenters. The molecule has 128 valence electrons. The Morgan fingerprint density at radius 2 is 1.76 bits per heavy atom. The van der Waals surface area contributed by atoms with E-state index in [0.29, 0.717) is 16.7 Å². The van der Waals surface area contributed by atoms with Crippen LogP contribution in [0.5, 0.6) is 5.75 Å². The molecule has 3 aromatic rings. The van der Waals surface area contributed by atoms with Gasteiger partial charge >= 0.3 is 5.97 Å². The first-order valence-electron chi connectivity index (χ1n) is 8.04. The molecule has 0 saturated carbocycles. The van der Waals surface area contributed by atoms with Gasteiger partial charge in [-0.3, -0.25) is 4.99 Å². The topological polar surface area (TPSA) is 83.0 Å². The minimum Gasteiger partial charge on any atom is -0.508 e. The van der Waals surface area contributed by atoms with E-state index in [2.05, 4.69) is 4.99 Å². The molecule has 5 nitrogen and oxygen atoms in total. The van der Waals surface area contributed by atoms with Crippen molar-refractivity contribution in [2.24, 2.45) is 10.9 Å². The molecule has 0 spiro atoms. The highest BCUT2D eigenvalue weighted by Gasteiger charge is 2.20. The van der Waals surface area contributed by atoms with E-state index in [9.17, 15) is 15.0 Å². The lowest BCUT2D eigenvalue weighted by Crippen LogP contribution is -2.26. The number of phenols is 1. The van der Waals surface area contributed by atoms with Crippen molar-refractivity contribution >= 4 is 16.9 Å². The molecule has 0 saturated heterocycles. The Morgan fingerprint density at radius 3 is 2.40 bits per heavy atom. The molecule has 25 heavy (non-hydrogen) atoms. The minimum atomic E-state index is -0.953. The zero-order chi connectivity index (χ0) is 18.0. The summed E-state index contributed by atoms with van der Waals surface area (Å²) >= 11 is 0. The Morgan fingerprint density at radius 1 is 1.08 bits per heavy atom. The molecular formula is C20H19NO4. The van der Waals surface area contributed by atoms with Crippen molar-refractivity contribution in [3.05, 3.63) is 60.0 Å². The lowest BCUT2D eigenvalue weighted by atomic mass is 10.1. The van der Waals surface area contributed by atoms with Crippen molar-refractivity contribution in [3.63, 3.8) is 0 Å². The molecule has 0 fully saturated rings. The monoisotopic (exact) mass is 337 g/mol. The number of phenolic OH excluding ortho intramolecular Hbond substituents is 1. The molecular weight excluding hydrogens is 318 g/mol. The summed E-state index contributed by atoms with van der Waals surface area (Å²) < 4.78 is 5.94. The van der Waals surface area contributed by atoms with Crippen molar-refractivity contribution in [3.8, 4) is 17.1 Å². The molecule has 2 N–H and O–H groups in total. The third kappa shape index (κ3) is 3.55. The highest BCUT2D eigenvalue weighted by atomic mass is 16.4. The molecule has 1 unspecified atom stereocenters. The summed E-state index contributed by atoms with van der Waals surface area (Å²) in [6, 6.07) is 14.9. The number of nitrogens with zero attached hydrogens (tertiary/aromatic N) is 1. The van der Waals surface area contributed by atoms with E-state index in [1.165, 1.54) is 0 Å². The summed E-state index contributed by atoms with van der Waals surface area (Å²) in [6.07, 6.45) is 0. The van der Waals surface area contributed by atoms with E-state index < -0.39 is 12.0 Å². The van der Waals surface area contributed by atoms with E-state index in [4.69, 9.17) is 4.42 Å². The first kappa shape index (κ1) is 16.8. The second-order valence-electron chi connectivity index (χ2n) is 6.20. The average molecular weight is 337 g/mol. The normalized spacial score (nSPS) is 13.3. The number of benzene rings is 2. The van der Waals surface area contributed by atoms with Crippen molar-refractivity contribution in [2.45, 2.75) is 19.9 Å². The van der Waals surface area contributed by atoms with Gasteiger partial charge in [0, 0.05) is 17.0 Å². The molecule has 3 rings (SSSR count). The van der Waals surface area contributed by atoms with Crippen LogP contribution in [-0.4, -0.2) is 22.2 Å². The summed E-state index contributed by atoms with van der Waals surface area (Å²) in [5, 5.41) is 20.2. The average Bonchev–Trinajstić information content (AvgIpc) is 2.59. The number of aromatic hydroxyl groups is 1. The second kappa shape index (κ2) is 6.81. The standard InChI is InChI=1S/C20H19NO4/c1-12(2)19(20(23)24)21-16-11-18(13-7-9-14(22)10-8-13)25-17-6-4-3-5-15(16)17/h3-12,19,22H,1-2H3,(H,23,24). The van der Waals surface area contributed by atoms with Crippen molar-refractivity contribution < 1.29 is 19.4 Å². The van der Waals surface area contributed by atoms with Crippen LogP contribution in [0.15, 0.2) is 64.0 Å². The number of aliphatic carboxylic acids is 1. The molecule has 0 radical (unpaired) electrons. The summed E-state index contributed by atoms with van der Waals surface area (Å²) in [6.45, 7) is 3.66. The zero-order valence-electron chi connectivity index (χ0n) is 14.0. The Kier molecular flexibility index (Phi) is 4.57. The molecule has 0 amide bonds. The smallest absolute Gasteiger partial charge is 0.328 e. The Hall–Kier alpha value is -3.08. The van der Waals surface area contributed by atoms with Gasteiger partial charge < -0.3 is 14.6 Å². The van der Waals surface area contributed by atoms with Gasteiger partial charge in [0.1, 0.15) is 23.1 Å². The van der Waals surface area contributed by atoms with Crippen LogP contribution in [0.1, 0.15) is 13.8 Å². The van der Waals surface area contributed by atoms with Crippen LogP contribution in [0.4, 0.5) is 0 Å². The highest BCUT2D eigenvalue weighted by Crippen LogP contribution is 2.24. The lowest BCUT2D eigenvalue weighted by molar-refractivity contribution is -0.139. The zero-order valence-corrected chi connectivity index (χ0v) is 14.0. The molecule has 1 heterocycles. The van der Waals surface area contributed by atoms with Crippen LogP contribution in [0.3, 0.4) is 0 Å². The lowest BCUT2D eigenvalue weighted by Gasteiger charge is -2.12. The molecule has 1 aromatic heterocycles. The quantitative estimate of drug-likeness (QED) is 0.758. The largest absolute Gasteiger partial charge is 0.508 e. The number of carbonyl (C=O) groups is 1.